The summed E-state index contributed by atoms with van der Waals surface area (Å²) in [5.74, 6) is -2.73. The lowest BCUT2D eigenvalue weighted by molar-refractivity contribution is 0.0691. The molecule has 2 aromatic rings. The summed E-state index contributed by atoms with van der Waals surface area (Å²) in [6, 6.07) is 10.2. The standard InChI is InChI=1S/C14H10FNO3/c15-12-7-9(4-5-11(12)14(18)19)8-2-1-3-10(6-8)13(16)17/h1-7H,(H2,16,17)(H,18,19). The summed E-state index contributed by atoms with van der Waals surface area (Å²) < 4.78 is 13.6. The van der Waals surface area contributed by atoms with Crippen LogP contribution in [0.4, 0.5) is 4.39 Å². The second kappa shape index (κ2) is 4.89. The molecule has 0 saturated carbocycles. The smallest absolute Gasteiger partial charge is 0.338 e. The van der Waals surface area contributed by atoms with Crippen LogP contribution in [-0.4, -0.2) is 17.0 Å². The Morgan fingerprint density at radius 3 is 2.32 bits per heavy atom. The van der Waals surface area contributed by atoms with Crippen molar-refractivity contribution in [3.63, 3.8) is 0 Å². The maximum absolute atomic E-state index is 13.6. The van der Waals surface area contributed by atoms with Crippen LogP contribution in [0.15, 0.2) is 42.5 Å². The van der Waals surface area contributed by atoms with E-state index in [9.17, 15) is 14.0 Å². The molecule has 19 heavy (non-hydrogen) atoms. The van der Waals surface area contributed by atoms with Crippen molar-refractivity contribution < 1.29 is 19.1 Å². The zero-order chi connectivity index (χ0) is 14.0. The summed E-state index contributed by atoms with van der Waals surface area (Å²) in [7, 11) is 0. The van der Waals surface area contributed by atoms with Gasteiger partial charge in [-0.1, -0.05) is 18.2 Å². The molecule has 0 saturated heterocycles. The predicted molar refractivity (Wildman–Crippen MR) is 67.3 cm³/mol. The Kier molecular flexibility index (Phi) is 3.29. The fraction of sp³-hybridized carbons (Fsp3) is 0. The molecule has 96 valence electrons. The molecule has 0 radical (unpaired) electrons. The average Bonchev–Trinajstić information content (AvgIpc) is 2.38. The highest BCUT2D eigenvalue weighted by atomic mass is 19.1. The van der Waals surface area contributed by atoms with Crippen LogP contribution >= 0.6 is 0 Å². The molecule has 3 N–H and O–H groups in total. The van der Waals surface area contributed by atoms with E-state index in [1.165, 1.54) is 18.2 Å². The van der Waals surface area contributed by atoms with Gasteiger partial charge in [0, 0.05) is 5.56 Å². The zero-order valence-corrected chi connectivity index (χ0v) is 9.76. The average molecular weight is 259 g/mol. The first kappa shape index (κ1) is 12.8. The lowest BCUT2D eigenvalue weighted by Crippen LogP contribution is -2.10. The summed E-state index contributed by atoms with van der Waals surface area (Å²) in [6.07, 6.45) is 0. The van der Waals surface area contributed by atoms with Crippen LogP contribution in [0.1, 0.15) is 20.7 Å². The number of rotatable bonds is 3. The number of amides is 1. The number of benzene rings is 2. The van der Waals surface area contributed by atoms with E-state index in [2.05, 4.69) is 0 Å². The van der Waals surface area contributed by atoms with Crippen molar-refractivity contribution in [1.29, 1.82) is 0 Å². The van der Waals surface area contributed by atoms with Crippen LogP contribution in [0.5, 0.6) is 0 Å². The van der Waals surface area contributed by atoms with E-state index in [4.69, 9.17) is 10.8 Å². The second-order valence-corrected chi connectivity index (χ2v) is 3.94. The van der Waals surface area contributed by atoms with E-state index < -0.39 is 23.3 Å². The maximum atomic E-state index is 13.6. The minimum absolute atomic E-state index is 0.306. The van der Waals surface area contributed by atoms with Crippen LogP contribution in [0, 0.1) is 5.82 Å². The summed E-state index contributed by atoms with van der Waals surface area (Å²) in [5, 5.41) is 8.74. The van der Waals surface area contributed by atoms with Crippen molar-refractivity contribution in [2.75, 3.05) is 0 Å². The number of hydrogen-bond donors (Lipinski definition) is 2. The molecule has 0 heterocycles. The number of nitrogens with two attached hydrogens (primary N) is 1. The lowest BCUT2D eigenvalue weighted by Gasteiger charge is -2.05. The van der Waals surface area contributed by atoms with Gasteiger partial charge in [0.1, 0.15) is 5.82 Å². The summed E-state index contributed by atoms with van der Waals surface area (Å²) in [4.78, 5) is 21.8. The fourth-order valence-electron chi connectivity index (χ4n) is 1.72. The molecule has 2 rings (SSSR count). The zero-order valence-electron chi connectivity index (χ0n) is 9.76. The quantitative estimate of drug-likeness (QED) is 0.887. The summed E-state index contributed by atoms with van der Waals surface area (Å²) in [5.41, 5.74) is 6.14. The Morgan fingerprint density at radius 2 is 1.74 bits per heavy atom. The van der Waals surface area contributed by atoms with Crippen molar-refractivity contribution in [3.8, 4) is 11.1 Å². The third-order valence-corrected chi connectivity index (χ3v) is 2.68. The molecule has 0 fully saturated rings. The number of carboxylic acid groups (broad SMARTS) is 1. The third kappa shape index (κ3) is 2.60. The van der Waals surface area contributed by atoms with Crippen molar-refractivity contribution in [2.45, 2.75) is 0 Å². The molecule has 4 nitrogen and oxygen atoms in total. The molecule has 1 amide bonds. The van der Waals surface area contributed by atoms with Crippen molar-refractivity contribution in [3.05, 3.63) is 59.4 Å². The molecule has 2 aromatic carbocycles. The molecule has 0 unspecified atom stereocenters. The minimum atomic E-state index is -1.32. The topological polar surface area (TPSA) is 80.4 Å². The van der Waals surface area contributed by atoms with Gasteiger partial charge < -0.3 is 10.8 Å². The molecule has 0 atom stereocenters. The normalized spacial score (nSPS) is 10.2. The van der Waals surface area contributed by atoms with Gasteiger partial charge >= 0.3 is 5.97 Å². The molecular formula is C14H10FNO3. The second-order valence-electron chi connectivity index (χ2n) is 3.94. The highest BCUT2D eigenvalue weighted by molar-refractivity contribution is 5.94. The SMILES string of the molecule is NC(=O)c1cccc(-c2ccc(C(=O)O)c(F)c2)c1. The van der Waals surface area contributed by atoms with E-state index >= 15 is 0 Å². The molecule has 0 spiro atoms. The molecular weight excluding hydrogens is 249 g/mol. The number of halogens is 1. The monoisotopic (exact) mass is 259 g/mol. The first-order valence-corrected chi connectivity index (χ1v) is 5.42. The Labute approximate surface area is 108 Å². The van der Waals surface area contributed by atoms with Gasteiger partial charge in [-0.25, -0.2) is 9.18 Å². The lowest BCUT2D eigenvalue weighted by atomic mass is 10.0. The highest BCUT2D eigenvalue weighted by Crippen LogP contribution is 2.23. The highest BCUT2D eigenvalue weighted by Gasteiger charge is 2.11. The van der Waals surface area contributed by atoms with E-state index in [1.54, 1.807) is 18.2 Å². The predicted octanol–water partition coefficient (Wildman–Crippen LogP) is 2.29. The number of hydrogen-bond acceptors (Lipinski definition) is 2. The molecule has 5 heteroatoms. The Morgan fingerprint density at radius 1 is 1.05 bits per heavy atom. The van der Waals surface area contributed by atoms with Crippen LogP contribution in [0.25, 0.3) is 11.1 Å². The van der Waals surface area contributed by atoms with Gasteiger partial charge in [0.2, 0.25) is 5.91 Å². The summed E-state index contributed by atoms with van der Waals surface area (Å²) in [6.45, 7) is 0. The van der Waals surface area contributed by atoms with E-state index in [-0.39, 0.29) is 0 Å². The molecule has 0 aliphatic rings. The van der Waals surface area contributed by atoms with Crippen LogP contribution in [0.3, 0.4) is 0 Å². The van der Waals surface area contributed by atoms with Crippen LogP contribution in [-0.2, 0) is 0 Å². The van der Waals surface area contributed by atoms with Crippen molar-refractivity contribution in [1.82, 2.24) is 0 Å². The number of aromatic carboxylic acids is 1. The largest absolute Gasteiger partial charge is 0.478 e. The number of carbonyl (C=O) groups is 2. The minimum Gasteiger partial charge on any atom is -0.478 e. The van der Waals surface area contributed by atoms with Gasteiger partial charge in [-0.2, -0.15) is 0 Å². The van der Waals surface area contributed by atoms with Crippen molar-refractivity contribution in [2.24, 2.45) is 5.73 Å². The van der Waals surface area contributed by atoms with Gasteiger partial charge in [0.15, 0.2) is 0 Å². The molecule has 0 aromatic heterocycles. The molecule has 0 aliphatic heterocycles. The van der Waals surface area contributed by atoms with Crippen molar-refractivity contribution >= 4 is 11.9 Å². The van der Waals surface area contributed by atoms with E-state index in [0.29, 0.717) is 16.7 Å². The Bertz CT molecular complexity index is 667. The first-order chi connectivity index (χ1) is 8.99. The van der Waals surface area contributed by atoms with Gasteiger partial charge in [-0.3, -0.25) is 4.79 Å². The maximum Gasteiger partial charge on any atom is 0.338 e. The van der Waals surface area contributed by atoms with E-state index in [0.717, 1.165) is 6.07 Å². The van der Waals surface area contributed by atoms with Crippen LogP contribution < -0.4 is 5.73 Å². The number of carbonyl (C=O) groups excluding carboxylic acids is 1. The van der Waals surface area contributed by atoms with Gasteiger partial charge in [-0.05, 0) is 35.4 Å². The first-order valence-electron chi connectivity index (χ1n) is 5.42. The van der Waals surface area contributed by atoms with Gasteiger partial charge in [0.05, 0.1) is 5.56 Å². The van der Waals surface area contributed by atoms with Gasteiger partial charge in [0.25, 0.3) is 0 Å². The summed E-state index contributed by atoms with van der Waals surface area (Å²) >= 11 is 0. The van der Waals surface area contributed by atoms with Crippen LogP contribution in [0.2, 0.25) is 0 Å². The van der Waals surface area contributed by atoms with Gasteiger partial charge in [-0.15, -0.1) is 0 Å². The Hall–Kier alpha value is -2.69. The van der Waals surface area contributed by atoms with E-state index in [1.807, 2.05) is 0 Å². The Balaban J connectivity index is 2.48. The molecule has 0 aliphatic carbocycles. The number of carboxylic acids is 1. The third-order valence-electron chi connectivity index (χ3n) is 2.68. The molecule has 0 bridgehead atoms. The fourth-order valence-corrected chi connectivity index (χ4v) is 1.72. The number of primary amides is 1.